The molecule has 1 aliphatic rings. The van der Waals surface area contributed by atoms with Crippen LogP contribution in [0.1, 0.15) is 24.8 Å². The van der Waals surface area contributed by atoms with Gasteiger partial charge in [-0.1, -0.05) is 6.42 Å². The van der Waals surface area contributed by atoms with E-state index in [0.29, 0.717) is 6.04 Å². The van der Waals surface area contributed by atoms with Crippen molar-refractivity contribution in [2.45, 2.75) is 31.7 Å². The number of piperidine rings is 1. The van der Waals surface area contributed by atoms with Gasteiger partial charge in [0.2, 0.25) is 0 Å². The number of methoxy groups -OCH3 is 1. The highest BCUT2D eigenvalue weighted by atomic mass is 16.5. The van der Waals surface area contributed by atoms with Crippen LogP contribution in [0.4, 0.5) is 0 Å². The molecule has 1 N–H and O–H groups in total. The van der Waals surface area contributed by atoms with E-state index < -0.39 is 0 Å². The van der Waals surface area contributed by atoms with E-state index in [-0.39, 0.29) is 0 Å². The van der Waals surface area contributed by atoms with Crippen molar-refractivity contribution in [1.82, 2.24) is 5.32 Å². The standard InChI is InChI=1S/C17H19NO3/c1-19-16-13-6-9-20-15(13)14(12-5-8-21-17(12)16)10-11-4-2-3-7-18-11/h5-6,8-9,11,18H,2-4,7,10H2,1H3. The fraction of sp³-hybridized carbons (Fsp3) is 0.412. The Bertz CT molecular complexity index is 713. The highest BCUT2D eigenvalue weighted by Gasteiger charge is 2.22. The van der Waals surface area contributed by atoms with Gasteiger partial charge in [-0.05, 0) is 37.9 Å². The van der Waals surface area contributed by atoms with Gasteiger partial charge in [0, 0.05) is 17.0 Å². The van der Waals surface area contributed by atoms with Gasteiger partial charge in [0.25, 0.3) is 0 Å². The molecule has 4 nitrogen and oxygen atoms in total. The van der Waals surface area contributed by atoms with Crippen molar-refractivity contribution < 1.29 is 13.6 Å². The number of nitrogens with one attached hydrogen (secondary N) is 1. The molecule has 1 unspecified atom stereocenters. The summed E-state index contributed by atoms with van der Waals surface area (Å²) in [5.74, 6) is 0.763. The number of hydrogen-bond donors (Lipinski definition) is 1. The average Bonchev–Trinajstić information content (AvgIpc) is 3.17. The van der Waals surface area contributed by atoms with Crippen LogP contribution in [-0.4, -0.2) is 19.7 Å². The average molecular weight is 285 g/mol. The molecule has 0 radical (unpaired) electrons. The Morgan fingerprint density at radius 3 is 2.71 bits per heavy atom. The maximum Gasteiger partial charge on any atom is 0.176 e. The first kappa shape index (κ1) is 12.8. The van der Waals surface area contributed by atoms with Gasteiger partial charge < -0.3 is 18.9 Å². The molecule has 1 atom stereocenters. The molecule has 1 aromatic carbocycles. The van der Waals surface area contributed by atoms with Crippen LogP contribution in [0, 0.1) is 0 Å². The van der Waals surface area contributed by atoms with Crippen molar-refractivity contribution in [2.75, 3.05) is 13.7 Å². The van der Waals surface area contributed by atoms with Crippen molar-refractivity contribution in [1.29, 1.82) is 0 Å². The van der Waals surface area contributed by atoms with Gasteiger partial charge in [-0.2, -0.15) is 0 Å². The van der Waals surface area contributed by atoms with Crippen molar-refractivity contribution in [3.05, 3.63) is 30.2 Å². The van der Waals surface area contributed by atoms with E-state index in [4.69, 9.17) is 13.6 Å². The molecule has 0 aliphatic carbocycles. The molecule has 3 heterocycles. The maximum atomic E-state index is 5.76. The summed E-state index contributed by atoms with van der Waals surface area (Å²) < 4.78 is 17.0. The minimum absolute atomic E-state index is 0.513. The van der Waals surface area contributed by atoms with Crippen LogP contribution in [0.25, 0.3) is 21.9 Å². The van der Waals surface area contributed by atoms with Gasteiger partial charge in [0.05, 0.1) is 25.0 Å². The van der Waals surface area contributed by atoms with E-state index in [1.165, 1.54) is 24.8 Å². The molecular weight excluding hydrogens is 266 g/mol. The molecule has 21 heavy (non-hydrogen) atoms. The maximum absolute atomic E-state index is 5.76. The highest BCUT2D eigenvalue weighted by molar-refractivity contribution is 6.04. The van der Waals surface area contributed by atoms with E-state index in [9.17, 15) is 0 Å². The molecule has 0 saturated carbocycles. The van der Waals surface area contributed by atoms with Crippen molar-refractivity contribution >= 4 is 21.9 Å². The molecule has 4 heteroatoms. The second-order valence-electron chi connectivity index (χ2n) is 5.69. The molecule has 110 valence electrons. The van der Waals surface area contributed by atoms with Crippen LogP contribution in [-0.2, 0) is 6.42 Å². The van der Waals surface area contributed by atoms with Gasteiger partial charge in [-0.3, -0.25) is 0 Å². The topological polar surface area (TPSA) is 47.5 Å². The Morgan fingerprint density at radius 2 is 1.95 bits per heavy atom. The van der Waals surface area contributed by atoms with E-state index in [1.54, 1.807) is 19.6 Å². The van der Waals surface area contributed by atoms with E-state index in [0.717, 1.165) is 40.7 Å². The van der Waals surface area contributed by atoms with Gasteiger partial charge in [-0.25, -0.2) is 0 Å². The molecule has 1 fully saturated rings. The Morgan fingerprint density at radius 1 is 1.14 bits per heavy atom. The van der Waals surface area contributed by atoms with Gasteiger partial charge in [-0.15, -0.1) is 0 Å². The summed E-state index contributed by atoms with van der Waals surface area (Å²) in [6, 6.07) is 4.48. The quantitative estimate of drug-likeness (QED) is 0.793. The lowest BCUT2D eigenvalue weighted by molar-refractivity contribution is 0.399. The highest BCUT2D eigenvalue weighted by Crippen LogP contribution is 2.40. The van der Waals surface area contributed by atoms with Gasteiger partial charge >= 0.3 is 0 Å². The summed E-state index contributed by atoms with van der Waals surface area (Å²) >= 11 is 0. The molecule has 0 spiro atoms. The number of furan rings is 2. The minimum atomic E-state index is 0.513. The lowest BCUT2D eigenvalue weighted by Gasteiger charge is -2.23. The number of ether oxygens (including phenoxy) is 1. The first-order valence-corrected chi connectivity index (χ1v) is 7.55. The Kier molecular flexibility index (Phi) is 3.11. The molecule has 2 aromatic heterocycles. The summed E-state index contributed by atoms with van der Waals surface area (Å²) in [5.41, 5.74) is 2.96. The summed E-state index contributed by atoms with van der Waals surface area (Å²) in [6.07, 6.45) is 8.20. The van der Waals surface area contributed by atoms with Crippen molar-refractivity contribution in [3.8, 4) is 5.75 Å². The van der Waals surface area contributed by atoms with Crippen LogP contribution < -0.4 is 10.1 Å². The van der Waals surface area contributed by atoms with Crippen molar-refractivity contribution in [3.63, 3.8) is 0 Å². The third-order valence-corrected chi connectivity index (χ3v) is 4.45. The largest absolute Gasteiger partial charge is 0.492 e. The van der Waals surface area contributed by atoms with Crippen molar-refractivity contribution in [2.24, 2.45) is 0 Å². The number of fused-ring (bicyclic) bond motifs is 2. The zero-order valence-electron chi connectivity index (χ0n) is 12.1. The van der Waals surface area contributed by atoms with Crippen LogP contribution in [0.2, 0.25) is 0 Å². The fourth-order valence-electron chi connectivity index (χ4n) is 3.44. The molecule has 1 saturated heterocycles. The second kappa shape index (κ2) is 5.11. The number of hydrogen-bond acceptors (Lipinski definition) is 4. The summed E-state index contributed by atoms with van der Waals surface area (Å²) in [6.45, 7) is 1.11. The predicted octanol–water partition coefficient (Wildman–Crippen LogP) is 3.87. The van der Waals surface area contributed by atoms with Crippen LogP contribution in [0.3, 0.4) is 0 Å². The Hall–Kier alpha value is -1.94. The van der Waals surface area contributed by atoms with E-state index >= 15 is 0 Å². The number of rotatable bonds is 3. The summed E-state index contributed by atoms with van der Waals surface area (Å²) in [5, 5.41) is 5.70. The molecule has 0 bridgehead atoms. The first-order valence-electron chi connectivity index (χ1n) is 7.55. The number of benzene rings is 1. The fourth-order valence-corrected chi connectivity index (χ4v) is 3.44. The first-order chi connectivity index (χ1) is 10.4. The lowest BCUT2D eigenvalue weighted by atomic mass is 9.94. The zero-order valence-corrected chi connectivity index (χ0v) is 12.1. The molecular formula is C17H19NO3. The smallest absolute Gasteiger partial charge is 0.176 e. The van der Waals surface area contributed by atoms with Crippen LogP contribution in [0.15, 0.2) is 33.5 Å². The van der Waals surface area contributed by atoms with Crippen LogP contribution in [0.5, 0.6) is 5.75 Å². The summed E-state index contributed by atoms with van der Waals surface area (Å²) in [7, 11) is 1.67. The van der Waals surface area contributed by atoms with Gasteiger partial charge in [0.15, 0.2) is 11.3 Å². The Labute approximate surface area is 123 Å². The van der Waals surface area contributed by atoms with E-state index in [1.807, 2.05) is 12.1 Å². The SMILES string of the molecule is COc1c2ccoc2c(CC2CCCCN2)c2ccoc12. The van der Waals surface area contributed by atoms with Crippen LogP contribution >= 0.6 is 0 Å². The minimum Gasteiger partial charge on any atom is -0.492 e. The predicted molar refractivity (Wildman–Crippen MR) is 81.9 cm³/mol. The lowest BCUT2D eigenvalue weighted by Crippen LogP contribution is -2.35. The normalized spacial score (nSPS) is 19.4. The molecule has 4 rings (SSSR count). The zero-order chi connectivity index (χ0) is 14.2. The third kappa shape index (κ3) is 2.02. The van der Waals surface area contributed by atoms with E-state index in [2.05, 4.69) is 5.32 Å². The molecule has 3 aromatic rings. The second-order valence-corrected chi connectivity index (χ2v) is 5.69. The monoisotopic (exact) mass is 285 g/mol. The third-order valence-electron chi connectivity index (χ3n) is 4.45. The molecule has 1 aliphatic heterocycles. The van der Waals surface area contributed by atoms with Gasteiger partial charge in [0.1, 0.15) is 5.58 Å². The molecule has 0 amide bonds. The summed E-state index contributed by atoms with van der Waals surface area (Å²) in [4.78, 5) is 0. The Balaban J connectivity index is 1.88.